The summed E-state index contributed by atoms with van der Waals surface area (Å²) in [5, 5.41) is 2.06. The molecule has 0 aliphatic rings. The Kier molecular flexibility index (Phi) is 5.10. The van der Waals surface area contributed by atoms with Crippen LogP contribution in [-0.4, -0.2) is 30.9 Å². The molecule has 0 aliphatic heterocycles. The Balaban J connectivity index is 4.59. The summed E-state index contributed by atoms with van der Waals surface area (Å²) >= 11 is 0. The largest absolute Gasteiger partial charge is 0.429 e. The number of hydrogen-bond acceptors (Lipinski definition) is 1. The first-order chi connectivity index (χ1) is 7.06. The van der Waals surface area contributed by atoms with Crippen molar-refractivity contribution in [2.24, 2.45) is 0 Å². The molecule has 0 bridgehead atoms. The van der Waals surface area contributed by atoms with E-state index < -0.39 is 24.3 Å². The van der Waals surface area contributed by atoms with Crippen LogP contribution in [0.3, 0.4) is 0 Å². The fraction of sp³-hybridized carbons (Fsp3) is 1.00. The summed E-state index contributed by atoms with van der Waals surface area (Å²) in [6, 6.07) is 0. The van der Waals surface area contributed by atoms with Gasteiger partial charge in [-0.05, 0) is 13.0 Å². The van der Waals surface area contributed by atoms with Gasteiger partial charge in [0.1, 0.15) is 0 Å². The minimum absolute atomic E-state index is 0.0675. The van der Waals surface area contributed by atoms with Gasteiger partial charge in [0.15, 0.2) is 0 Å². The Morgan fingerprint density at radius 2 is 1.50 bits per heavy atom. The van der Waals surface area contributed by atoms with Crippen molar-refractivity contribution in [3.05, 3.63) is 0 Å². The molecule has 0 amide bonds. The third-order valence-electron chi connectivity index (χ3n) is 2.22. The third-order valence-corrected chi connectivity index (χ3v) is 2.22. The summed E-state index contributed by atoms with van der Waals surface area (Å²) in [6.45, 7) is 0.360. The maximum atomic E-state index is 13.3. The zero-order valence-electron chi connectivity index (χ0n) is 9.10. The van der Waals surface area contributed by atoms with E-state index in [-0.39, 0.29) is 13.5 Å². The molecule has 0 fully saturated rings. The van der Waals surface area contributed by atoms with Crippen LogP contribution in [0.2, 0.25) is 0 Å². The van der Waals surface area contributed by atoms with E-state index in [1.165, 1.54) is 0 Å². The molecule has 0 radical (unpaired) electrons. The zero-order chi connectivity index (χ0) is 13.0. The average Bonchev–Trinajstić information content (AvgIpc) is 2.08. The molecule has 0 aliphatic carbocycles. The Morgan fingerprint density at radius 1 is 1.00 bits per heavy atom. The summed E-state index contributed by atoms with van der Waals surface area (Å²) in [6.07, 6.45) is -4.41. The van der Waals surface area contributed by atoms with Crippen LogP contribution in [-0.2, 0) is 0 Å². The van der Waals surface area contributed by atoms with Crippen LogP contribution in [0.4, 0.5) is 26.3 Å². The fourth-order valence-corrected chi connectivity index (χ4v) is 1.07. The Morgan fingerprint density at radius 3 is 1.81 bits per heavy atom. The highest BCUT2D eigenvalue weighted by Gasteiger charge is 2.68. The van der Waals surface area contributed by atoms with Crippen molar-refractivity contribution >= 4 is 0 Å². The van der Waals surface area contributed by atoms with E-state index >= 15 is 0 Å². The van der Waals surface area contributed by atoms with E-state index in [1.807, 2.05) is 0 Å². The van der Waals surface area contributed by atoms with Crippen molar-refractivity contribution in [1.82, 2.24) is 5.32 Å². The summed E-state index contributed by atoms with van der Waals surface area (Å²) in [7, 11) is 0. The van der Waals surface area contributed by atoms with E-state index in [1.54, 1.807) is 6.92 Å². The first-order valence-electron chi connectivity index (χ1n) is 4.90. The lowest BCUT2D eigenvalue weighted by molar-refractivity contribution is -0.294. The highest BCUT2D eigenvalue weighted by Crippen LogP contribution is 2.44. The van der Waals surface area contributed by atoms with Gasteiger partial charge in [0.05, 0.1) is 0 Å². The van der Waals surface area contributed by atoms with Gasteiger partial charge in [-0.25, -0.2) is 13.2 Å². The average molecular weight is 251 g/mol. The van der Waals surface area contributed by atoms with E-state index in [4.69, 9.17) is 0 Å². The van der Waals surface area contributed by atoms with Crippen LogP contribution >= 0.6 is 0 Å². The van der Waals surface area contributed by atoms with Gasteiger partial charge in [-0.1, -0.05) is 13.3 Å². The number of hydrogen-bond donors (Lipinski definition) is 1. The lowest BCUT2D eigenvalue weighted by Gasteiger charge is -2.33. The second-order valence-corrected chi connectivity index (χ2v) is 3.72. The minimum Gasteiger partial charge on any atom is -0.313 e. The topological polar surface area (TPSA) is 12.0 Å². The van der Waals surface area contributed by atoms with Crippen molar-refractivity contribution < 1.29 is 26.3 Å². The normalized spacial score (nSPS) is 17.2. The van der Waals surface area contributed by atoms with Crippen molar-refractivity contribution in [1.29, 1.82) is 0 Å². The van der Waals surface area contributed by atoms with E-state index in [2.05, 4.69) is 5.32 Å². The van der Waals surface area contributed by atoms with Crippen molar-refractivity contribution in [2.75, 3.05) is 13.1 Å². The van der Waals surface area contributed by atoms with Crippen LogP contribution in [0.1, 0.15) is 26.7 Å². The molecule has 0 aromatic heterocycles. The molecule has 0 saturated heterocycles. The molecule has 1 unspecified atom stereocenters. The highest BCUT2D eigenvalue weighted by molar-refractivity contribution is 4.99. The smallest absolute Gasteiger partial charge is 0.313 e. The highest BCUT2D eigenvalue weighted by atomic mass is 19.4. The number of halogens is 6. The molecule has 0 aromatic rings. The van der Waals surface area contributed by atoms with Gasteiger partial charge >= 0.3 is 6.18 Å². The lowest BCUT2D eigenvalue weighted by Crippen LogP contribution is -2.59. The second kappa shape index (κ2) is 5.25. The van der Waals surface area contributed by atoms with Crippen molar-refractivity contribution in [2.45, 2.75) is 44.5 Å². The van der Waals surface area contributed by atoms with Crippen LogP contribution < -0.4 is 5.32 Å². The van der Waals surface area contributed by atoms with Crippen LogP contribution in [0.5, 0.6) is 0 Å². The van der Waals surface area contributed by atoms with E-state index in [0.29, 0.717) is 12.8 Å². The molecule has 16 heavy (non-hydrogen) atoms. The Labute approximate surface area is 90.2 Å². The zero-order valence-corrected chi connectivity index (χ0v) is 9.10. The maximum absolute atomic E-state index is 13.3. The summed E-state index contributed by atoms with van der Waals surface area (Å²) in [5.74, 6) is -4.47. The molecule has 0 rings (SSSR count). The standard InChI is InChI=1S/C9H15F6N/c1-3-4-5-16-6-8(12,7(2,10)11)9(13,14)15/h16H,3-6H2,1-2H3. The van der Waals surface area contributed by atoms with Gasteiger partial charge in [-0.15, -0.1) is 0 Å². The van der Waals surface area contributed by atoms with Gasteiger partial charge in [-0.3, -0.25) is 0 Å². The molecule has 0 heterocycles. The molecule has 0 spiro atoms. The lowest BCUT2D eigenvalue weighted by atomic mass is 9.98. The van der Waals surface area contributed by atoms with E-state index in [0.717, 1.165) is 0 Å². The quantitative estimate of drug-likeness (QED) is 0.564. The molecule has 0 aromatic carbocycles. The monoisotopic (exact) mass is 251 g/mol. The van der Waals surface area contributed by atoms with E-state index in [9.17, 15) is 26.3 Å². The number of unbranched alkanes of at least 4 members (excludes halogenated alkanes) is 1. The van der Waals surface area contributed by atoms with Gasteiger partial charge in [0, 0.05) is 13.5 Å². The summed E-state index contributed by atoms with van der Waals surface area (Å²) in [4.78, 5) is 0. The number of rotatable bonds is 6. The Bertz CT molecular complexity index is 193. The van der Waals surface area contributed by atoms with Gasteiger partial charge < -0.3 is 5.32 Å². The predicted molar refractivity (Wildman–Crippen MR) is 48.3 cm³/mol. The van der Waals surface area contributed by atoms with Crippen molar-refractivity contribution in [3.8, 4) is 0 Å². The second-order valence-electron chi connectivity index (χ2n) is 3.72. The molecule has 98 valence electrons. The molecule has 7 heteroatoms. The number of nitrogens with one attached hydrogen (secondary N) is 1. The van der Waals surface area contributed by atoms with Crippen molar-refractivity contribution in [3.63, 3.8) is 0 Å². The molecule has 1 N–H and O–H groups in total. The predicted octanol–water partition coefficient (Wildman–Crippen LogP) is 3.30. The molecule has 0 saturated carbocycles. The number of alkyl halides is 6. The molecular formula is C9H15F6N. The third kappa shape index (κ3) is 3.54. The van der Waals surface area contributed by atoms with Crippen LogP contribution in [0.15, 0.2) is 0 Å². The summed E-state index contributed by atoms with van der Waals surface area (Å²) in [5.41, 5.74) is -4.52. The SMILES string of the molecule is CCCCNCC(F)(C(C)(F)F)C(F)(F)F. The van der Waals surface area contributed by atoms with Crippen LogP contribution in [0.25, 0.3) is 0 Å². The molecule has 1 atom stereocenters. The molecule has 1 nitrogen and oxygen atoms in total. The van der Waals surface area contributed by atoms with Gasteiger partial charge in [0.25, 0.3) is 11.6 Å². The molecular weight excluding hydrogens is 236 g/mol. The maximum Gasteiger partial charge on any atom is 0.429 e. The summed E-state index contributed by atoms with van der Waals surface area (Å²) < 4.78 is 75.2. The van der Waals surface area contributed by atoms with Crippen LogP contribution in [0, 0.1) is 0 Å². The first kappa shape index (κ1) is 15.5. The van der Waals surface area contributed by atoms with Gasteiger partial charge in [0.2, 0.25) is 0 Å². The first-order valence-corrected chi connectivity index (χ1v) is 4.90. The van der Waals surface area contributed by atoms with Gasteiger partial charge in [-0.2, -0.15) is 13.2 Å². The Hall–Kier alpha value is -0.460. The fourth-order valence-electron chi connectivity index (χ4n) is 1.07. The minimum atomic E-state index is -5.59.